The lowest BCUT2D eigenvalue weighted by Crippen LogP contribution is -2.38. The van der Waals surface area contributed by atoms with Crippen LogP contribution in [0.5, 0.6) is 0 Å². The minimum absolute atomic E-state index is 0.0681. The van der Waals surface area contributed by atoms with Crippen LogP contribution in [-0.2, 0) is 7.05 Å². The van der Waals surface area contributed by atoms with Gasteiger partial charge in [0.25, 0.3) is 11.5 Å². The molecule has 0 saturated carbocycles. The maximum absolute atomic E-state index is 13.2. The first-order valence-corrected chi connectivity index (χ1v) is 10.3. The van der Waals surface area contributed by atoms with E-state index in [9.17, 15) is 9.59 Å². The number of fused-ring (bicyclic) bond motifs is 1. The number of nitrogens with one attached hydrogen (secondary N) is 1. The molecule has 1 spiro atoms. The van der Waals surface area contributed by atoms with Crippen LogP contribution in [-0.4, -0.2) is 46.5 Å². The van der Waals surface area contributed by atoms with Crippen LogP contribution in [0.15, 0.2) is 11.1 Å². The molecule has 2 aromatic heterocycles. The molecule has 1 amide bonds. The van der Waals surface area contributed by atoms with E-state index in [0.29, 0.717) is 20.5 Å². The number of thiophene rings is 1. The zero-order valence-electron chi connectivity index (χ0n) is 15.5. The molecular formula is C19H26N4O2S. The molecule has 2 fully saturated rings. The molecule has 0 aromatic carbocycles. The van der Waals surface area contributed by atoms with Crippen LogP contribution in [0.2, 0.25) is 0 Å². The molecule has 26 heavy (non-hydrogen) atoms. The van der Waals surface area contributed by atoms with E-state index < -0.39 is 0 Å². The topological polar surface area (TPSA) is 67.2 Å². The third-order valence-electron chi connectivity index (χ3n) is 6.20. The van der Waals surface area contributed by atoms with Crippen molar-refractivity contribution in [1.82, 2.24) is 19.8 Å². The maximum atomic E-state index is 13.2. The number of piperidine rings is 1. The molecule has 0 aliphatic carbocycles. The van der Waals surface area contributed by atoms with E-state index in [2.05, 4.69) is 10.3 Å². The second-order valence-electron chi connectivity index (χ2n) is 7.79. The van der Waals surface area contributed by atoms with Crippen LogP contribution < -0.4 is 10.9 Å². The van der Waals surface area contributed by atoms with Crippen molar-refractivity contribution in [3.05, 3.63) is 27.1 Å². The Kier molecular flexibility index (Phi) is 4.61. The van der Waals surface area contributed by atoms with Crippen molar-refractivity contribution in [1.29, 1.82) is 0 Å². The Morgan fingerprint density at radius 2 is 2.00 bits per heavy atom. The highest BCUT2D eigenvalue weighted by molar-refractivity contribution is 7.20. The van der Waals surface area contributed by atoms with Crippen molar-refractivity contribution in [3.8, 4) is 0 Å². The quantitative estimate of drug-likeness (QED) is 0.832. The van der Waals surface area contributed by atoms with Gasteiger partial charge in [-0.3, -0.25) is 9.59 Å². The molecule has 0 radical (unpaired) electrons. The highest BCUT2D eigenvalue weighted by Gasteiger charge is 2.35. The van der Waals surface area contributed by atoms with Crippen LogP contribution in [0.3, 0.4) is 0 Å². The van der Waals surface area contributed by atoms with Gasteiger partial charge in [0, 0.05) is 20.1 Å². The van der Waals surface area contributed by atoms with Crippen molar-refractivity contribution >= 4 is 27.5 Å². The fraction of sp³-hybridized carbons (Fsp3) is 0.632. The Bertz CT molecular complexity index is 895. The molecular weight excluding hydrogens is 348 g/mol. The molecule has 0 unspecified atom stereocenters. The number of amides is 1. The van der Waals surface area contributed by atoms with Gasteiger partial charge < -0.3 is 14.8 Å². The zero-order valence-corrected chi connectivity index (χ0v) is 16.3. The third-order valence-corrected chi connectivity index (χ3v) is 7.39. The SMILES string of the molecule is Cc1c(C(=O)N2CCCC3(CCNCC3)CC2)sc2ncn(C)c(=O)c12. The third kappa shape index (κ3) is 2.97. The summed E-state index contributed by atoms with van der Waals surface area (Å²) < 4.78 is 1.48. The molecule has 2 aliphatic heterocycles. The summed E-state index contributed by atoms with van der Waals surface area (Å²) in [6, 6.07) is 0. The van der Waals surface area contributed by atoms with E-state index in [1.807, 2.05) is 11.8 Å². The summed E-state index contributed by atoms with van der Waals surface area (Å²) in [5, 5.41) is 4.04. The van der Waals surface area contributed by atoms with Crippen molar-refractivity contribution in [2.45, 2.75) is 39.0 Å². The minimum Gasteiger partial charge on any atom is -0.338 e. The molecule has 0 bridgehead atoms. The van der Waals surface area contributed by atoms with Crippen molar-refractivity contribution in [2.75, 3.05) is 26.2 Å². The smallest absolute Gasteiger partial charge is 0.264 e. The van der Waals surface area contributed by atoms with Crippen LogP contribution >= 0.6 is 11.3 Å². The zero-order chi connectivity index (χ0) is 18.3. The van der Waals surface area contributed by atoms with Gasteiger partial charge >= 0.3 is 0 Å². The summed E-state index contributed by atoms with van der Waals surface area (Å²) in [7, 11) is 1.70. The van der Waals surface area contributed by atoms with Gasteiger partial charge in [0.05, 0.1) is 16.6 Å². The molecule has 4 heterocycles. The summed E-state index contributed by atoms with van der Waals surface area (Å²) in [5.74, 6) is 0.0681. The van der Waals surface area contributed by atoms with E-state index in [0.717, 1.165) is 44.6 Å². The van der Waals surface area contributed by atoms with Gasteiger partial charge in [0.15, 0.2) is 0 Å². The molecule has 0 atom stereocenters. The largest absolute Gasteiger partial charge is 0.338 e. The van der Waals surface area contributed by atoms with Crippen molar-refractivity contribution in [2.24, 2.45) is 12.5 Å². The summed E-state index contributed by atoms with van der Waals surface area (Å²) >= 11 is 1.36. The number of carbonyl (C=O) groups is 1. The Morgan fingerprint density at radius 3 is 2.77 bits per heavy atom. The van der Waals surface area contributed by atoms with Gasteiger partial charge in [-0.2, -0.15) is 0 Å². The second kappa shape index (κ2) is 6.78. The number of rotatable bonds is 1. The van der Waals surface area contributed by atoms with E-state index in [1.165, 1.54) is 41.5 Å². The first-order chi connectivity index (χ1) is 12.5. The van der Waals surface area contributed by atoms with Gasteiger partial charge in [-0.05, 0) is 63.1 Å². The first kappa shape index (κ1) is 17.7. The maximum Gasteiger partial charge on any atom is 0.264 e. The van der Waals surface area contributed by atoms with E-state index in [1.54, 1.807) is 7.05 Å². The monoisotopic (exact) mass is 374 g/mol. The summed E-state index contributed by atoms with van der Waals surface area (Å²) in [6.45, 7) is 5.70. The fourth-order valence-corrected chi connectivity index (χ4v) is 5.58. The van der Waals surface area contributed by atoms with Crippen LogP contribution in [0, 0.1) is 12.3 Å². The van der Waals surface area contributed by atoms with Crippen LogP contribution in [0.25, 0.3) is 10.2 Å². The Hall–Kier alpha value is -1.73. The minimum atomic E-state index is -0.0766. The van der Waals surface area contributed by atoms with E-state index >= 15 is 0 Å². The summed E-state index contributed by atoms with van der Waals surface area (Å²) in [6.07, 6.45) is 7.33. The summed E-state index contributed by atoms with van der Waals surface area (Å²) in [4.78, 5) is 33.3. The lowest BCUT2D eigenvalue weighted by Gasteiger charge is -2.37. The number of likely N-dealkylation sites (tertiary alicyclic amines) is 1. The Balaban J connectivity index is 1.60. The lowest BCUT2D eigenvalue weighted by atomic mass is 9.73. The predicted molar refractivity (Wildman–Crippen MR) is 104 cm³/mol. The highest BCUT2D eigenvalue weighted by atomic mass is 32.1. The molecule has 1 N–H and O–H groups in total. The standard InChI is InChI=1S/C19H26N4O2S/c1-13-14-16(21-12-22(2)17(14)24)26-15(13)18(25)23-10-3-4-19(7-11-23)5-8-20-9-6-19/h12,20H,3-11H2,1-2H3. The Labute approximate surface area is 157 Å². The molecule has 4 rings (SSSR count). The number of hydrogen-bond donors (Lipinski definition) is 1. The number of carbonyl (C=O) groups excluding carboxylic acids is 1. The van der Waals surface area contributed by atoms with E-state index in [-0.39, 0.29) is 11.5 Å². The summed E-state index contributed by atoms with van der Waals surface area (Å²) in [5.41, 5.74) is 1.12. The van der Waals surface area contributed by atoms with Gasteiger partial charge in [0.2, 0.25) is 0 Å². The predicted octanol–water partition coefficient (Wildman–Crippen LogP) is 2.30. The van der Waals surface area contributed by atoms with Gasteiger partial charge in [-0.15, -0.1) is 11.3 Å². The molecule has 2 saturated heterocycles. The molecule has 2 aliphatic rings. The van der Waals surface area contributed by atoms with Crippen molar-refractivity contribution in [3.63, 3.8) is 0 Å². The number of nitrogens with zero attached hydrogens (tertiary/aromatic N) is 3. The Morgan fingerprint density at radius 1 is 1.23 bits per heavy atom. The second-order valence-corrected chi connectivity index (χ2v) is 8.79. The molecule has 6 nitrogen and oxygen atoms in total. The number of aryl methyl sites for hydroxylation is 2. The van der Waals surface area contributed by atoms with Crippen LogP contribution in [0.4, 0.5) is 0 Å². The average Bonchev–Trinajstić information content (AvgIpc) is 2.85. The molecule has 7 heteroatoms. The lowest BCUT2D eigenvalue weighted by molar-refractivity contribution is 0.0755. The van der Waals surface area contributed by atoms with E-state index in [4.69, 9.17) is 0 Å². The highest BCUT2D eigenvalue weighted by Crippen LogP contribution is 2.40. The fourth-order valence-electron chi connectivity index (χ4n) is 4.47. The van der Waals surface area contributed by atoms with Crippen LogP contribution in [0.1, 0.15) is 47.3 Å². The van der Waals surface area contributed by atoms with Gasteiger partial charge in [0.1, 0.15) is 4.83 Å². The first-order valence-electron chi connectivity index (χ1n) is 9.45. The molecule has 2 aromatic rings. The normalized spacial score (nSPS) is 20.5. The van der Waals surface area contributed by atoms with Crippen molar-refractivity contribution < 1.29 is 4.79 Å². The number of hydrogen-bond acceptors (Lipinski definition) is 5. The van der Waals surface area contributed by atoms with Gasteiger partial charge in [-0.25, -0.2) is 4.98 Å². The van der Waals surface area contributed by atoms with Gasteiger partial charge in [-0.1, -0.05) is 0 Å². The average molecular weight is 375 g/mol. The number of aromatic nitrogens is 2. The molecule has 140 valence electrons.